The van der Waals surface area contributed by atoms with Crippen LogP contribution in [0, 0.1) is 12.3 Å². The zero-order valence-corrected chi connectivity index (χ0v) is 14.8. The first-order valence-corrected chi connectivity index (χ1v) is 8.11. The molecule has 2 aromatic carbocycles. The fourth-order valence-corrected chi connectivity index (χ4v) is 2.25. The monoisotopic (exact) mass is 365 g/mol. The van der Waals surface area contributed by atoms with E-state index < -0.39 is 11.9 Å². The van der Waals surface area contributed by atoms with Crippen molar-refractivity contribution in [2.24, 2.45) is 0 Å². The molecule has 138 valence electrons. The number of rotatable bonds is 8. The van der Waals surface area contributed by atoms with Crippen LogP contribution in [0.25, 0.3) is 6.08 Å². The molecule has 0 aromatic heterocycles. The Hall–Kier alpha value is -3.72. The smallest absolute Gasteiger partial charge is 0.337 e. The molecule has 1 amide bonds. The van der Waals surface area contributed by atoms with Crippen molar-refractivity contribution in [1.29, 1.82) is 0 Å². The number of carboxylic acid groups (broad SMARTS) is 1. The van der Waals surface area contributed by atoms with E-state index >= 15 is 0 Å². The molecule has 0 bridgehead atoms. The third-order valence-corrected chi connectivity index (χ3v) is 3.53. The molecule has 0 spiro atoms. The standard InChI is InChI=1S/C21H19NO5/c1-3-4-13-27-19-14-15(9-11-18(19)26-2)10-12-20(23)22-17-8-6-5-7-16(17)21(24)25/h1,5-12,14H,4,13H2,2H3,(H,22,23)(H,24,25). The Morgan fingerprint density at radius 1 is 1.22 bits per heavy atom. The molecule has 0 saturated carbocycles. The van der Waals surface area contributed by atoms with Crippen molar-refractivity contribution in [1.82, 2.24) is 0 Å². The fourth-order valence-electron chi connectivity index (χ4n) is 2.25. The lowest BCUT2D eigenvalue weighted by Gasteiger charge is -2.10. The summed E-state index contributed by atoms with van der Waals surface area (Å²) in [5.74, 6) is 2.01. The molecule has 6 nitrogen and oxygen atoms in total. The predicted octanol–water partition coefficient (Wildman–Crippen LogP) is 3.45. The molecule has 0 saturated heterocycles. The molecule has 0 aliphatic heterocycles. The van der Waals surface area contributed by atoms with Gasteiger partial charge >= 0.3 is 5.97 Å². The third kappa shape index (κ3) is 5.65. The van der Waals surface area contributed by atoms with Gasteiger partial charge in [0.05, 0.1) is 25.0 Å². The zero-order valence-electron chi connectivity index (χ0n) is 14.8. The largest absolute Gasteiger partial charge is 0.493 e. The van der Waals surface area contributed by atoms with Gasteiger partial charge in [0.25, 0.3) is 0 Å². The lowest BCUT2D eigenvalue weighted by atomic mass is 10.1. The van der Waals surface area contributed by atoms with Gasteiger partial charge in [-0.2, -0.15) is 0 Å². The Bertz CT molecular complexity index is 896. The number of nitrogens with one attached hydrogen (secondary N) is 1. The number of ether oxygens (including phenoxy) is 2. The summed E-state index contributed by atoms with van der Waals surface area (Å²) in [4.78, 5) is 23.3. The molecule has 0 fully saturated rings. The third-order valence-electron chi connectivity index (χ3n) is 3.53. The van der Waals surface area contributed by atoms with Crippen LogP contribution in [0.15, 0.2) is 48.5 Å². The van der Waals surface area contributed by atoms with Crippen LogP contribution in [-0.4, -0.2) is 30.7 Å². The highest BCUT2D eigenvalue weighted by Gasteiger charge is 2.10. The minimum atomic E-state index is -1.11. The lowest BCUT2D eigenvalue weighted by molar-refractivity contribution is -0.111. The minimum absolute atomic E-state index is 0.0212. The van der Waals surface area contributed by atoms with E-state index in [0.29, 0.717) is 30.1 Å². The summed E-state index contributed by atoms with van der Waals surface area (Å²) < 4.78 is 10.8. The van der Waals surface area contributed by atoms with Crippen LogP contribution in [0.3, 0.4) is 0 Å². The summed E-state index contributed by atoms with van der Waals surface area (Å²) in [7, 11) is 1.53. The van der Waals surface area contributed by atoms with Gasteiger partial charge in [-0.05, 0) is 35.9 Å². The molecule has 0 atom stereocenters. The first-order chi connectivity index (χ1) is 13.0. The van der Waals surface area contributed by atoms with Gasteiger partial charge < -0.3 is 19.9 Å². The Morgan fingerprint density at radius 2 is 2.00 bits per heavy atom. The van der Waals surface area contributed by atoms with E-state index in [-0.39, 0.29) is 11.3 Å². The van der Waals surface area contributed by atoms with Gasteiger partial charge in [-0.3, -0.25) is 4.79 Å². The molecule has 0 aliphatic carbocycles. The van der Waals surface area contributed by atoms with Crippen molar-refractivity contribution >= 4 is 23.6 Å². The van der Waals surface area contributed by atoms with Gasteiger partial charge in [0.2, 0.25) is 5.91 Å². The number of methoxy groups -OCH3 is 1. The second kappa shape index (κ2) is 9.68. The van der Waals surface area contributed by atoms with E-state index in [0.717, 1.165) is 0 Å². The molecular weight excluding hydrogens is 346 g/mol. The second-order valence-electron chi connectivity index (χ2n) is 5.39. The molecule has 0 unspecified atom stereocenters. The summed E-state index contributed by atoms with van der Waals surface area (Å²) in [5.41, 5.74) is 0.966. The number of terminal acetylenes is 1. The number of hydrogen-bond donors (Lipinski definition) is 2. The average Bonchev–Trinajstić information content (AvgIpc) is 2.67. The van der Waals surface area contributed by atoms with E-state index in [1.54, 1.807) is 36.4 Å². The highest BCUT2D eigenvalue weighted by atomic mass is 16.5. The number of aromatic carboxylic acids is 1. The van der Waals surface area contributed by atoms with Crippen LogP contribution in [0.1, 0.15) is 22.3 Å². The van der Waals surface area contributed by atoms with Gasteiger partial charge in [0, 0.05) is 12.5 Å². The Kier molecular flexibility index (Phi) is 7.03. The summed E-state index contributed by atoms with van der Waals surface area (Å²) in [5, 5.41) is 11.7. The topological polar surface area (TPSA) is 84.9 Å². The maximum Gasteiger partial charge on any atom is 0.337 e. The van der Waals surface area contributed by atoms with Crippen LogP contribution in [0.4, 0.5) is 5.69 Å². The number of amides is 1. The Balaban J connectivity index is 2.11. The molecule has 0 radical (unpaired) electrons. The van der Waals surface area contributed by atoms with E-state index in [4.69, 9.17) is 21.0 Å². The average molecular weight is 365 g/mol. The van der Waals surface area contributed by atoms with Crippen molar-refractivity contribution in [3.05, 3.63) is 59.7 Å². The molecule has 0 aliphatic rings. The van der Waals surface area contributed by atoms with Crippen LogP contribution in [0.5, 0.6) is 11.5 Å². The quantitative estimate of drug-likeness (QED) is 0.425. The number of carbonyl (C=O) groups is 2. The molecular formula is C21H19NO5. The van der Waals surface area contributed by atoms with Gasteiger partial charge in [0.1, 0.15) is 0 Å². The van der Waals surface area contributed by atoms with Crippen molar-refractivity contribution < 1.29 is 24.2 Å². The van der Waals surface area contributed by atoms with Crippen molar-refractivity contribution in [3.63, 3.8) is 0 Å². The summed E-state index contributed by atoms with van der Waals surface area (Å²) in [6.07, 6.45) is 8.58. The molecule has 2 N–H and O–H groups in total. The first kappa shape index (κ1) is 19.6. The normalized spacial score (nSPS) is 10.2. The van der Waals surface area contributed by atoms with Crippen LogP contribution >= 0.6 is 0 Å². The number of carboxylic acids is 1. The molecule has 2 rings (SSSR count). The molecule has 0 heterocycles. The second-order valence-corrected chi connectivity index (χ2v) is 5.39. The van der Waals surface area contributed by atoms with E-state index in [9.17, 15) is 9.59 Å². The number of hydrogen-bond acceptors (Lipinski definition) is 4. The van der Waals surface area contributed by atoms with Crippen molar-refractivity contribution in [3.8, 4) is 23.8 Å². The van der Waals surface area contributed by atoms with Crippen LogP contribution in [-0.2, 0) is 4.79 Å². The van der Waals surface area contributed by atoms with E-state index in [1.807, 2.05) is 0 Å². The maximum absolute atomic E-state index is 12.1. The molecule has 27 heavy (non-hydrogen) atoms. The molecule has 6 heteroatoms. The number of para-hydroxylation sites is 1. The first-order valence-electron chi connectivity index (χ1n) is 8.11. The van der Waals surface area contributed by atoms with Crippen LogP contribution in [0.2, 0.25) is 0 Å². The van der Waals surface area contributed by atoms with Gasteiger partial charge in [-0.1, -0.05) is 18.2 Å². The van der Waals surface area contributed by atoms with E-state index in [1.165, 1.54) is 25.3 Å². The number of carbonyl (C=O) groups excluding carboxylic acids is 1. The number of anilines is 1. The van der Waals surface area contributed by atoms with Crippen molar-refractivity contribution in [2.75, 3.05) is 19.0 Å². The summed E-state index contributed by atoms with van der Waals surface area (Å²) in [6, 6.07) is 11.4. The lowest BCUT2D eigenvalue weighted by Crippen LogP contribution is -2.11. The minimum Gasteiger partial charge on any atom is -0.493 e. The predicted molar refractivity (Wildman–Crippen MR) is 103 cm³/mol. The molecule has 2 aromatic rings. The Labute approximate surface area is 157 Å². The summed E-state index contributed by atoms with van der Waals surface area (Å²) in [6.45, 7) is 0.354. The van der Waals surface area contributed by atoms with Gasteiger partial charge in [-0.25, -0.2) is 4.79 Å². The number of benzene rings is 2. The zero-order chi connectivity index (χ0) is 19.6. The maximum atomic E-state index is 12.1. The van der Waals surface area contributed by atoms with Crippen LogP contribution < -0.4 is 14.8 Å². The highest BCUT2D eigenvalue weighted by molar-refractivity contribution is 6.06. The van der Waals surface area contributed by atoms with Gasteiger partial charge in [0.15, 0.2) is 11.5 Å². The highest BCUT2D eigenvalue weighted by Crippen LogP contribution is 2.28. The van der Waals surface area contributed by atoms with E-state index in [2.05, 4.69) is 11.2 Å². The fraction of sp³-hybridized carbons (Fsp3) is 0.143. The Morgan fingerprint density at radius 3 is 2.70 bits per heavy atom. The SMILES string of the molecule is C#CCCOc1cc(C=CC(=O)Nc2ccccc2C(=O)O)ccc1OC. The van der Waals surface area contributed by atoms with Crippen molar-refractivity contribution in [2.45, 2.75) is 6.42 Å². The summed E-state index contributed by atoms with van der Waals surface area (Å²) >= 11 is 0. The van der Waals surface area contributed by atoms with Gasteiger partial charge in [-0.15, -0.1) is 12.3 Å².